The summed E-state index contributed by atoms with van der Waals surface area (Å²) in [7, 11) is -4.02. The number of nitrogens with one attached hydrogen (secondary N) is 3. The van der Waals surface area contributed by atoms with E-state index in [1.165, 1.54) is 24.3 Å². The summed E-state index contributed by atoms with van der Waals surface area (Å²) in [6, 6.07) is 10.3. The first-order chi connectivity index (χ1) is 15.8. The smallest absolute Gasteiger partial charge is 0.336 e. The quantitative estimate of drug-likeness (QED) is 0.569. The molecule has 0 spiro atoms. The molecule has 0 aliphatic carbocycles. The SMILES string of the molecule is CC(C)NC(=O)NCc1ccc(NS(=O)(=O)c2ccc3c(c2)CN(C(=O)C(F)(F)F)CC3)cc1. The Balaban J connectivity index is 1.68. The molecule has 3 amide bonds. The fourth-order valence-corrected chi connectivity index (χ4v) is 4.56. The summed E-state index contributed by atoms with van der Waals surface area (Å²) in [6.07, 6.45) is -4.78. The maximum Gasteiger partial charge on any atom is 0.471 e. The molecule has 0 saturated carbocycles. The van der Waals surface area contributed by atoms with Crippen molar-refractivity contribution in [1.29, 1.82) is 0 Å². The van der Waals surface area contributed by atoms with E-state index < -0.39 is 22.1 Å². The largest absolute Gasteiger partial charge is 0.471 e. The zero-order chi connectivity index (χ0) is 25.1. The van der Waals surface area contributed by atoms with Gasteiger partial charge in [0.05, 0.1) is 4.90 Å². The molecule has 3 rings (SSSR count). The molecule has 2 aromatic rings. The molecule has 0 bridgehead atoms. The lowest BCUT2D eigenvalue weighted by Crippen LogP contribution is -2.43. The summed E-state index contributed by atoms with van der Waals surface area (Å²) in [5.41, 5.74) is 2.09. The molecule has 1 heterocycles. The van der Waals surface area contributed by atoms with E-state index in [0.29, 0.717) is 16.0 Å². The fourth-order valence-electron chi connectivity index (χ4n) is 3.45. The van der Waals surface area contributed by atoms with Gasteiger partial charge in [0.1, 0.15) is 0 Å². The normalized spacial score (nSPS) is 13.9. The first-order valence-electron chi connectivity index (χ1n) is 10.5. The van der Waals surface area contributed by atoms with E-state index in [0.717, 1.165) is 5.56 Å². The van der Waals surface area contributed by atoms with Gasteiger partial charge in [-0.2, -0.15) is 13.2 Å². The number of nitrogens with zero attached hydrogens (tertiary/aromatic N) is 1. The lowest BCUT2D eigenvalue weighted by Gasteiger charge is -2.29. The molecule has 0 atom stereocenters. The molecule has 0 radical (unpaired) electrons. The number of fused-ring (bicyclic) bond motifs is 1. The number of rotatable bonds is 6. The summed E-state index contributed by atoms with van der Waals surface area (Å²) in [4.78, 5) is 23.8. The van der Waals surface area contributed by atoms with Crippen LogP contribution < -0.4 is 15.4 Å². The molecule has 0 unspecified atom stereocenters. The van der Waals surface area contributed by atoms with Gasteiger partial charge in [-0.25, -0.2) is 13.2 Å². The minimum absolute atomic E-state index is 0.00595. The van der Waals surface area contributed by atoms with Crippen LogP contribution in [0, 0.1) is 0 Å². The van der Waals surface area contributed by atoms with E-state index in [1.54, 1.807) is 18.2 Å². The van der Waals surface area contributed by atoms with E-state index in [9.17, 15) is 31.2 Å². The van der Waals surface area contributed by atoms with Gasteiger partial charge in [0.2, 0.25) is 0 Å². The van der Waals surface area contributed by atoms with Gasteiger partial charge in [0.25, 0.3) is 10.0 Å². The van der Waals surface area contributed by atoms with Gasteiger partial charge in [-0.05, 0) is 61.2 Å². The van der Waals surface area contributed by atoms with Crippen LogP contribution in [0.4, 0.5) is 23.7 Å². The second kappa shape index (κ2) is 9.92. The van der Waals surface area contributed by atoms with Crippen molar-refractivity contribution >= 4 is 27.6 Å². The Morgan fingerprint density at radius 2 is 1.74 bits per heavy atom. The number of carbonyl (C=O) groups is 2. The minimum atomic E-state index is -4.98. The van der Waals surface area contributed by atoms with Crippen molar-refractivity contribution in [3.8, 4) is 0 Å². The molecule has 3 N–H and O–H groups in total. The van der Waals surface area contributed by atoms with Crippen molar-refractivity contribution in [2.24, 2.45) is 0 Å². The van der Waals surface area contributed by atoms with Crippen molar-refractivity contribution in [1.82, 2.24) is 15.5 Å². The second-order valence-corrected chi connectivity index (χ2v) is 9.87. The van der Waals surface area contributed by atoms with Gasteiger partial charge >= 0.3 is 18.1 Å². The molecule has 34 heavy (non-hydrogen) atoms. The minimum Gasteiger partial charge on any atom is -0.336 e. The van der Waals surface area contributed by atoms with Crippen molar-refractivity contribution < 1.29 is 31.2 Å². The predicted octanol–water partition coefficient (Wildman–Crippen LogP) is 3.14. The van der Waals surface area contributed by atoms with Crippen LogP contribution in [-0.2, 0) is 34.3 Å². The Labute approximate surface area is 195 Å². The highest BCUT2D eigenvalue weighted by Crippen LogP contribution is 2.27. The summed E-state index contributed by atoms with van der Waals surface area (Å²) in [5, 5.41) is 5.38. The Morgan fingerprint density at radius 3 is 2.35 bits per heavy atom. The first kappa shape index (κ1) is 25.3. The number of urea groups is 1. The maximum atomic E-state index is 12.8. The van der Waals surface area contributed by atoms with Gasteiger partial charge in [0.15, 0.2) is 0 Å². The third-order valence-electron chi connectivity index (χ3n) is 5.11. The Morgan fingerprint density at radius 1 is 1.06 bits per heavy atom. The zero-order valence-electron chi connectivity index (χ0n) is 18.6. The van der Waals surface area contributed by atoms with E-state index >= 15 is 0 Å². The molecular weight excluding hydrogens is 473 g/mol. The lowest BCUT2D eigenvalue weighted by molar-refractivity contribution is -0.186. The van der Waals surface area contributed by atoms with Gasteiger partial charge in [-0.3, -0.25) is 9.52 Å². The van der Waals surface area contributed by atoms with Crippen LogP contribution in [0.15, 0.2) is 47.4 Å². The monoisotopic (exact) mass is 498 g/mol. The Kier molecular flexibility index (Phi) is 7.39. The highest BCUT2D eigenvalue weighted by atomic mass is 32.2. The number of benzene rings is 2. The molecule has 1 aliphatic heterocycles. The second-order valence-electron chi connectivity index (χ2n) is 8.19. The highest BCUT2D eigenvalue weighted by molar-refractivity contribution is 7.92. The average molecular weight is 499 g/mol. The number of alkyl halides is 3. The maximum absolute atomic E-state index is 12.8. The van der Waals surface area contributed by atoms with Crippen LogP contribution in [-0.4, -0.2) is 44.0 Å². The summed E-state index contributed by atoms with van der Waals surface area (Å²) in [5.74, 6) is -1.94. The lowest BCUT2D eigenvalue weighted by atomic mass is 10.00. The first-order valence-corrected chi connectivity index (χ1v) is 12.0. The van der Waals surface area contributed by atoms with Gasteiger partial charge < -0.3 is 15.5 Å². The number of halogens is 3. The van der Waals surface area contributed by atoms with Crippen LogP contribution in [0.25, 0.3) is 0 Å². The van der Waals surface area contributed by atoms with Crippen LogP contribution in [0.3, 0.4) is 0 Å². The molecule has 8 nitrogen and oxygen atoms in total. The van der Waals surface area contributed by atoms with Crippen molar-refractivity contribution in [2.75, 3.05) is 11.3 Å². The van der Waals surface area contributed by atoms with E-state index in [-0.39, 0.29) is 48.7 Å². The number of amides is 3. The summed E-state index contributed by atoms with van der Waals surface area (Å²) < 4.78 is 66.4. The molecule has 0 saturated heterocycles. The predicted molar refractivity (Wildman–Crippen MR) is 119 cm³/mol. The fraction of sp³-hybridized carbons (Fsp3) is 0.364. The van der Waals surface area contributed by atoms with Crippen LogP contribution in [0.5, 0.6) is 0 Å². The topological polar surface area (TPSA) is 108 Å². The highest BCUT2D eigenvalue weighted by Gasteiger charge is 2.43. The van der Waals surface area contributed by atoms with Gasteiger partial charge in [0, 0.05) is 31.4 Å². The molecule has 12 heteroatoms. The molecular formula is C22H25F3N4O4S. The number of sulfonamides is 1. The zero-order valence-corrected chi connectivity index (χ0v) is 19.4. The van der Waals surface area contributed by atoms with Crippen molar-refractivity contribution in [3.05, 3.63) is 59.2 Å². The number of hydrogen-bond donors (Lipinski definition) is 3. The molecule has 0 aromatic heterocycles. The van der Waals surface area contributed by atoms with E-state index in [4.69, 9.17) is 0 Å². The van der Waals surface area contributed by atoms with Crippen LogP contribution in [0.2, 0.25) is 0 Å². The third kappa shape index (κ3) is 6.40. The molecule has 1 aliphatic rings. The van der Waals surface area contributed by atoms with E-state index in [1.807, 2.05) is 13.8 Å². The summed E-state index contributed by atoms with van der Waals surface area (Å²) >= 11 is 0. The standard InChI is InChI=1S/C22H25F3N4O4S/c1-14(2)27-21(31)26-12-15-3-6-18(7-4-15)28-34(32,33)19-8-5-16-9-10-29(13-17(16)11-19)20(30)22(23,24)25/h3-8,11,14,28H,9-10,12-13H2,1-2H3,(H2,26,27,31). The number of anilines is 1. The third-order valence-corrected chi connectivity index (χ3v) is 6.49. The Bertz CT molecular complexity index is 1170. The molecule has 0 fully saturated rings. The van der Waals surface area contributed by atoms with Crippen LogP contribution in [0.1, 0.15) is 30.5 Å². The number of carbonyl (C=O) groups excluding carboxylic acids is 2. The van der Waals surface area contributed by atoms with Crippen molar-refractivity contribution in [2.45, 2.75) is 50.5 Å². The Hall–Kier alpha value is -3.28. The number of hydrogen-bond acceptors (Lipinski definition) is 4. The summed E-state index contributed by atoms with van der Waals surface area (Å²) in [6.45, 7) is 3.52. The van der Waals surface area contributed by atoms with Crippen molar-refractivity contribution in [3.63, 3.8) is 0 Å². The average Bonchev–Trinajstić information content (AvgIpc) is 2.76. The van der Waals surface area contributed by atoms with Gasteiger partial charge in [-0.15, -0.1) is 0 Å². The van der Waals surface area contributed by atoms with E-state index in [2.05, 4.69) is 15.4 Å². The van der Waals surface area contributed by atoms with Gasteiger partial charge in [-0.1, -0.05) is 18.2 Å². The molecule has 184 valence electrons. The van der Waals surface area contributed by atoms with Crippen LogP contribution >= 0.6 is 0 Å². The molecule has 2 aromatic carbocycles.